The number of amides is 1. The minimum Gasteiger partial charge on any atom is -0.347 e. The van der Waals surface area contributed by atoms with Crippen molar-refractivity contribution in [1.29, 1.82) is 0 Å². The summed E-state index contributed by atoms with van der Waals surface area (Å²) in [5.74, 6) is 2.41. The lowest BCUT2D eigenvalue weighted by atomic mass is 9.89. The van der Waals surface area contributed by atoms with E-state index >= 15 is 0 Å². The number of halogens is 1. The Bertz CT molecular complexity index is 1110. The fourth-order valence-electron chi connectivity index (χ4n) is 4.09. The van der Waals surface area contributed by atoms with Gasteiger partial charge in [0, 0.05) is 55.8 Å². The van der Waals surface area contributed by atoms with Crippen molar-refractivity contribution in [1.82, 2.24) is 30.0 Å². The molecule has 2 aromatic heterocycles. The van der Waals surface area contributed by atoms with Gasteiger partial charge in [-0.1, -0.05) is 37.6 Å². The Morgan fingerprint density at radius 3 is 2.67 bits per heavy atom. The van der Waals surface area contributed by atoms with E-state index < -0.39 is 0 Å². The van der Waals surface area contributed by atoms with Gasteiger partial charge in [0.15, 0.2) is 5.82 Å². The first-order valence-electron chi connectivity index (χ1n) is 11.3. The zero-order valence-electron chi connectivity index (χ0n) is 19.5. The van der Waals surface area contributed by atoms with Crippen molar-refractivity contribution in [2.45, 2.75) is 44.9 Å². The zero-order valence-corrected chi connectivity index (χ0v) is 20.3. The molecule has 0 unspecified atom stereocenters. The molecule has 0 radical (unpaired) electrons. The second-order valence-electron chi connectivity index (χ2n) is 9.02. The van der Waals surface area contributed by atoms with Crippen LogP contribution in [0.3, 0.4) is 0 Å². The van der Waals surface area contributed by atoms with Gasteiger partial charge in [0.2, 0.25) is 11.9 Å². The molecule has 1 atom stereocenters. The molecule has 1 aromatic carbocycles. The van der Waals surface area contributed by atoms with E-state index in [1.807, 2.05) is 68.2 Å². The molecule has 3 aromatic rings. The average molecular weight is 468 g/mol. The third-order valence-corrected chi connectivity index (χ3v) is 6.16. The summed E-state index contributed by atoms with van der Waals surface area (Å²) in [6.45, 7) is 5.43. The van der Waals surface area contributed by atoms with Gasteiger partial charge in [-0.25, -0.2) is 15.0 Å². The average Bonchev–Trinajstić information content (AvgIpc) is 3.28. The fourth-order valence-corrected chi connectivity index (χ4v) is 4.22. The number of aromatic nitrogens is 5. The molecule has 1 N–H and O–H groups in total. The molecule has 8 nitrogen and oxygen atoms in total. The summed E-state index contributed by atoms with van der Waals surface area (Å²) < 4.78 is 0. The number of carbonyl (C=O) groups is 1. The molecule has 9 heteroatoms. The van der Waals surface area contributed by atoms with Crippen LogP contribution in [-0.2, 0) is 11.2 Å². The van der Waals surface area contributed by atoms with E-state index in [4.69, 9.17) is 16.6 Å². The Morgan fingerprint density at radius 2 is 2.00 bits per heavy atom. The summed E-state index contributed by atoms with van der Waals surface area (Å²) >= 11 is 6.10. The van der Waals surface area contributed by atoms with Crippen LogP contribution in [0.25, 0.3) is 11.1 Å². The summed E-state index contributed by atoms with van der Waals surface area (Å²) in [6.07, 6.45) is 3.99. The van der Waals surface area contributed by atoms with Crippen LogP contribution in [0.1, 0.15) is 55.9 Å². The molecule has 3 heterocycles. The lowest BCUT2D eigenvalue weighted by molar-refractivity contribution is -0.131. The van der Waals surface area contributed by atoms with Crippen molar-refractivity contribution < 1.29 is 4.79 Å². The number of piperidine rings is 1. The molecule has 174 valence electrons. The van der Waals surface area contributed by atoms with Crippen molar-refractivity contribution in [3.8, 4) is 11.1 Å². The highest BCUT2D eigenvalue weighted by Gasteiger charge is 2.29. The largest absolute Gasteiger partial charge is 0.347 e. The lowest BCUT2D eigenvalue weighted by Crippen LogP contribution is -2.40. The second-order valence-corrected chi connectivity index (χ2v) is 9.46. The standard InChI is InChI=1S/C24H30ClN7O/c1-15(2)23-27-20(29-30-23)12-21(33)32-11-5-6-17(14-32)22-19(13-26-24(28-22)31(3)4)16-7-9-18(25)10-8-16/h7-10,13,15,17H,5-6,11-12,14H2,1-4H3,(H,27,29,30)/t17-/m1/s1. The van der Waals surface area contributed by atoms with Crippen LogP contribution in [0, 0.1) is 0 Å². The Kier molecular flexibility index (Phi) is 6.93. The van der Waals surface area contributed by atoms with E-state index in [9.17, 15) is 4.79 Å². The molecule has 0 bridgehead atoms. The number of aromatic amines is 1. The number of carbonyl (C=O) groups excluding carboxylic acids is 1. The van der Waals surface area contributed by atoms with Crippen LogP contribution < -0.4 is 4.90 Å². The summed E-state index contributed by atoms with van der Waals surface area (Å²) in [4.78, 5) is 30.8. The maximum Gasteiger partial charge on any atom is 0.230 e. The Balaban J connectivity index is 1.58. The third-order valence-electron chi connectivity index (χ3n) is 5.91. The van der Waals surface area contributed by atoms with Gasteiger partial charge in [-0.3, -0.25) is 9.89 Å². The van der Waals surface area contributed by atoms with Gasteiger partial charge in [-0.05, 0) is 30.5 Å². The number of benzene rings is 1. The van der Waals surface area contributed by atoms with E-state index in [-0.39, 0.29) is 24.2 Å². The molecular weight excluding hydrogens is 438 g/mol. The number of H-pyrrole nitrogens is 1. The van der Waals surface area contributed by atoms with E-state index in [1.54, 1.807) is 0 Å². The molecule has 1 saturated heterocycles. The first-order valence-corrected chi connectivity index (χ1v) is 11.7. The van der Waals surface area contributed by atoms with E-state index in [0.29, 0.717) is 23.3 Å². The minimum absolute atomic E-state index is 0.0566. The van der Waals surface area contributed by atoms with Crippen molar-refractivity contribution in [2.24, 2.45) is 0 Å². The highest BCUT2D eigenvalue weighted by atomic mass is 35.5. The van der Waals surface area contributed by atoms with Crippen LogP contribution in [0.4, 0.5) is 5.95 Å². The van der Waals surface area contributed by atoms with Crippen LogP contribution in [0.15, 0.2) is 30.5 Å². The van der Waals surface area contributed by atoms with Crippen LogP contribution in [0.2, 0.25) is 5.02 Å². The topological polar surface area (TPSA) is 90.9 Å². The Morgan fingerprint density at radius 1 is 1.24 bits per heavy atom. The number of nitrogens with zero attached hydrogens (tertiary/aromatic N) is 6. The summed E-state index contributed by atoms with van der Waals surface area (Å²) in [5.41, 5.74) is 2.97. The summed E-state index contributed by atoms with van der Waals surface area (Å²) in [5, 5.41) is 7.81. The molecule has 1 aliphatic rings. The molecule has 1 amide bonds. The SMILES string of the molecule is CC(C)c1n[nH]c(CC(=O)N2CCC[C@@H](c3nc(N(C)C)ncc3-c3ccc(Cl)cc3)C2)n1. The van der Waals surface area contributed by atoms with Crippen molar-refractivity contribution in [2.75, 3.05) is 32.1 Å². The molecule has 0 spiro atoms. The van der Waals surface area contributed by atoms with E-state index in [2.05, 4.69) is 20.2 Å². The van der Waals surface area contributed by atoms with Gasteiger partial charge in [0.1, 0.15) is 5.82 Å². The quantitative estimate of drug-likeness (QED) is 0.588. The van der Waals surface area contributed by atoms with Crippen molar-refractivity contribution in [3.63, 3.8) is 0 Å². The summed E-state index contributed by atoms with van der Waals surface area (Å²) in [7, 11) is 3.86. The highest BCUT2D eigenvalue weighted by molar-refractivity contribution is 6.30. The van der Waals surface area contributed by atoms with Crippen LogP contribution in [0.5, 0.6) is 0 Å². The normalized spacial score (nSPS) is 16.3. The van der Waals surface area contributed by atoms with Crippen molar-refractivity contribution >= 4 is 23.5 Å². The lowest BCUT2D eigenvalue weighted by Gasteiger charge is -2.33. The molecule has 0 aliphatic carbocycles. The monoisotopic (exact) mass is 467 g/mol. The maximum atomic E-state index is 13.1. The zero-order chi connectivity index (χ0) is 23.5. The number of likely N-dealkylation sites (tertiary alicyclic amines) is 1. The first kappa shape index (κ1) is 23.2. The van der Waals surface area contributed by atoms with Gasteiger partial charge < -0.3 is 9.80 Å². The smallest absolute Gasteiger partial charge is 0.230 e. The van der Waals surface area contributed by atoms with Gasteiger partial charge in [0.05, 0.1) is 12.1 Å². The molecule has 0 saturated carbocycles. The second kappa shape index (κ2) is 9.87. The number of hydrogen-bond acceptors (Lipinski definition) is 6. The molecular formula is C24H30ClN7O. The minimum atomic E-state index is 0.0566. The van der Waals surface area contributed by atoms with Gasteiger partial charge in [-0.2, -0.15) is 5.10 Å². The number of anilines is 1. The van der Waals surface area contributed by atoms with Crippen LogP contribution in [-0.4, -0.2) is 63.1 Å². The third kappa shape index (κ3) is 5.33. The Hall–Kier alpha value is -3.00. The summed E-state index contributed by atoms with van der Waals surface area (Å²) in [6, 6.07) is 7.73. The highest BCUT2D eigenvalue weighted by Crippen LogP contribution is 2.34. The van der Waals surface area contributed by atoms with Gasteiger partial charge in [0.25, 0.3) is 0 Å². The maximum absolute atomic E-state index is 13.1. The van der Waals surface area contributed by atoms with Crippen molar-refractivity contribution in [3.05, 3.63) is 52.8 Å². The molecule has 1 aliphatic heterocycles. The molecule has 4 rings (SSSR count). The predicted molar refractivity (Wildman–Crippen MR) is 130 cm³/mol. The number of nitrogens with one attached hydrogen (secondary N) is 1. The van der Waals surface area contributed by atoms with Gasteiger partial charge in [-0.15, -0.1) is 0 Å². The first-order chi connectivity index (χ1) is 15.8. The van der Waals surface area contributed by atoms with Crippen LogP contribution >= 0.6 is 11.6 Å². The van der Waals surface area contributed by atoms with E-state index in [0.717, 1.165) is 42.0 Å². The van der Waals surface area contributed by atoms with E-state index in [1.165, 1.54) is 0 Å². The predicted octanol–water partition coefficient (Wildman–Crippen LogP) is 4.05. The number of hydrogen-bond donors (Lipinski definition) is 1. The number of rotatable bonds is 6. The van der Waals surface area contributed by atoms with Gasteiger partial charge >= 0.3 is 0 Å². The molecule has 1 fully saturated rings. The molecule has 33 heavy (non-hydrogen) atoms. The Labute approximate surface area is 199 Å². The fraction of sp³-hybridized carbons (Fsp3) is 0.458.